The van der Waals surface area contributed by atoms with E-state index in [4.69, 9.17) is 23.2 Å². The molecule has 0 aliphatic heterocycles. The molecule has 2 aromatic rings. The number of anilines is 1. The maximum Gasteiger partial charge on any atom is 0.256 e. The summed E-state index contributed by atoms with van der Waals surface area (Å²) in [6, 6.07) is 4.69. The van der Waals surface area contributed by atoms with E-state index in [-0.39, 0.29) is 11.8 Å². The van der Waals surface area contributed by atoms with Crippen LogP contribution in [0.25, 0.3) is 0 Å². The van der Waals surface area contributed by atoms with Gasteiger partial charge < -0.3 is 10.6 Å². The Bertz CT molecular complexity index is 812. The minimum absolute atomic E-state index is 0.168. The first kappa shape index (κ1) is 18.2. The number of hydrogen-bond acceptors (Lipinski definition) is 3. The number of thiophene rings is 1. The first-order valence-electron chi connectivity index (χ1n) is 8.13. The van der Waals surface area contributed by atoms with Gasteiger partial charge in [0.05, 0.1) is 5.56 Å². The van der Waals surface area contributed by atoms with Crippen LogP contribution in [-0.2, 0) is 12.8 Å². The smallest absolute Gasteiger partial charge is 0.256 e. The summed E-state index contributed by atoms with van der Waals surface area (Å²) in [7, 11) is 1.60. The number of halogens is 2. The lowest BCUT2D eigenvalue weighted by Gasteiger charge is -2.08. The van der Waals surface area contributed by atoms with Gasteiger partial charge in [-0.05, 0) is 49.4 Å². The number of nitrogens with one attached hydrogen (secondary N) is 2. The van der Waals surface area contributed by atoms with Crippen LogP contribution < -0.4 is 10.6 Å². The second kappa shape index (κ2) is 7.77. The van der Waals surface area contributed by atoms with Crippen molar-refractivity contribution in [2.45, 2.75) is 32.1 Å². The van der Waals surface area contributed by atoms with Gasteiger partial charge in [0.15, 0.2) is 0 Å². The second-order valence-corrected chi connectivity index (χ2v) is 7.94. The van der Waals surface area contributed by atoms with Crippen molar-refractivity contribution in [1.29, 1.82) is 0 Å². The van der Waals surface area contributed by atoms with Crippen molar-refractivity contribution in [3.8, 4) is 0 Å². The largest absolute Gasteiger partial charge is 0.355 e. The lowest BCUT2D eigenvalue weighted by atomic mass is 10.0. The van der Waals surface area contributed by atoms with E-state index in [1.807, 2.05) is 0 Å². The Morgan fingerprint density at radius 2 is 1.68 bits per heavy atom. The summed E-state index contributed by atoms with van der Waals surface area (Å²) in [6.45, 7) is 0. The quantitative estimate of drug-likeness (QED) is 0.721. The number of rotatable bonds is 3. The molecule has 3 rings (SSSR count). The van der Waals surface area contributed by atoms with Crippen molar-refractivity contribution in [3.63, 3.8) is 0 Å². The molecule has 0 saturated heterocycles. The molecular weight excluding hydrogens is 379 g/mol. The first-order valence-corrected chi connectivity index (χ1v) is 9.71. The molecule has 0 unspecified atom stereocenters. The maximum absolute atomic E-state index is 12.6. The standard InChI is InChI=1S/C18H18Cl2N2O2S/c1-21-17(24)15-13-5-3-2-4-6-14(13)25-18(15)22-16(23)10-7-11(19)9-12(20)8-10/h7-9H,2-6H2,1H3,(H,21,24)(H,22,23). The maximum atomic E-state index is 12.6. The number of amides is 2. The zero-order chi connectivity index (χ0) is 18.0. The van der Waals surface area contributed by atoms with E-state index in [1.54, 1.807) is 25.2 Å². The van der Waals surface area contributed by atoms with Gasteiger partial charge in [-0.15, -0.1) is 11.3 Å². The highest BCUT2D eigenvalue weighted by molar-refractivity contribution is 7.17. The van der Waals surface area contributed by atoms with E-state index in [9.17, 15) is 9.59 Å². The molecule has 2 amide bonds. The Labute approximate surface area is 160 Å². The summed E-state index contributed by atoms with van der Waals surface area (Å²) >= 11 is 13.4. The number of carbonyl (C=O) groups is 2. The molecule has 0 spiro atoms. The van der Waals surface area contributed by atoms with Gasteiger partial charge in [-0.2, -0.15) is 0 Å². The van der Waals surface area contributed by atoms with Crippen LogP contribution in [0, 0.1) is 0 Å². The zero-order valence-corrected chi connectivity index (χ0v) is 16.1. The predicted molar refractivity (Wildman–Crippen MR) is 103 cm³/mol. The van der Waals surface area contributed by atoms with Gasteiger partial charge in [0.2, 0.25) is 0 Å². The molecule has 0 atom stereocenters. The summed E-state index contributed by atoms with van der Waals surface area (Å²) in [5, 5.41) is 6.94. The van der Waals surface area contributed by atoms with Crippen LogP contribution in [0.2, 0.25) is 10.0 Å². The number of aryl methyl sites for hydroxylation is 1. The Morgan fingerprint density at radius 1 is 1.00 bits per heavy atom. The van der Waals surface area contributed by atoms with Crippen LogP contribution in [0.3, 0.4) is 0 Å². The Balaban J connectivity index is 1.96. The fourth-order valence-electron chi connectivity index (χ4n) is 3.06. The third-order valence-electron chi connectivity index (χ3n) is 4.23. The van der Waals surface area contributed by atoms with E-state index in [1.165, 1.54) is 16.2 Å². The van der Waals surface area contributed by atoms with Gasteiger partial charge in [-0.1, -0.05) is 29.6 Å². The molecule has 7 heteroatoms. The third-order valence-corrected chi connectivity index (χ3v) is 5.87. The van der Waals surface area contributed by atoms with Crippen LogP contribution in [-0.4, -0.2) is 18.9 Å². The molecule has 1 aliphatic rings. The van der Waals surface area contributed by atoms with Crippen molar-refractivity contribution in [1.82, 2.24) is 5.32 Å². The molecule has 1 heterocycles. The van der Waals surface area contributed by atoms with Crippen molar-refractivity contribution < 1.29 is 9.59 Å². The number of hydrogen-bond donors (Lipinski definition) is 2. The molecule has 4 nitrogen and oxygen atoms in total. The zero-order valence-electron chi connectivity index (χ0n) is 13.7. The number of benzene rings is 1. The van der Waals surface area contributed by atoms with Gasteiger partial charge in [0.1, 0.15) is 5.00 Å². The summed E-state index contributed by atoms with van der Waals surface area (Å²) in [5.41, 5.74) is 2.02. The van der Waals surface area contributed by atoms with Crippen LogP contribution in [0.4, 0.5) is 5.00 Å². The molecule has 0 radical (unpaired) electrons. The molecule has 1 aromatic heterocycles. The van der Waals surface area contributed by atoms with Gasteiger partial charge in [0, 0.05) is 27.5 Å². The highest BCUT2D eigenvalue weighted by Gasteiger charge is 2.25. The molecule has 2 N–H and O–H groups in total. The summed E-state index contributed by atoms with van der Waals surface area (Å²) in [6.07, 6.45) is 5.15. The molecule has 0 saturated carbocycles. The molecule has 1 aliphatic carbocycles. The molecule has 1 aromatic carbocycles. The van der Waals surface area contributed by atoms with Crippen LogP contribution in [0.15, 0.2) is 18.2 Å². The fraction of sp³-hybridized carbons (Fsp3) is 0.333. The summed E-state index contributed by atoms with van der Waals surface area (Å²) < 4.78 is 0. The van der Waals surface area contributed by atoms with E-state index in [2.05, 4.69) is 10.6 Å². The van der Waals surface area contributed by atoms with Gasteiger partial charge in [0.25, 0.3) is 11.8 Å². The predicted octanol–water partition coefficient (Wildman–Crippen LogP) is 4.94. The highest BCUT2D eigenvalue weighted by Crippen LogP contribution is 2.37. The van der Waals surface area contributed by atoms with Gasteiger partial charge in [-0.25, -0.2) is 0 Å². The lowest BCUT2D eigenvalue weighted by Crippen LogP contribution is -2.21. The SMILES string of the molecule is CNC(=O)c1c(NC(=O)c2cc(Cl)cc(Cl)c2)sc2c1CCCCC2. The molecule has 132 valence electrons. The lowest BCUT2D eigenvalue weighted by molar-refractivity contribution is 0.0963. The Kier molecular flexibility index (Phi) is 5.67. The van der Waals surface area contributed by atoms with Crippen LogP contribution in [0.5, 0.6) is 0 Å². The van der Waals surface area contributed by atoms with E-state index < -0.39 is 0 Å². The van der Waals surface area contributed by atoms with Crippen molar-refractivity contribution in [2.75, 3.05) is 12.4 Å². The first-order chi connectivity index (χ1) is 12.0. The molecule has 25 heavy (non-hydrogen) atoms. The highest BCUT2D eigenvalue weighted by atomic mass is 35.5. The Hall–Kier alpha value is -1.56. The van der Waals surface area contributed by atoms with E-state index >= 15 is 0 Å². The average Bonchev–Trinajstić information content (AvgIpc) is 2.74. The topological polar surface area (TPSA) is 58.2 Å². The Morgan fingerprint density at radius 3 is 2.36 bits per heavy atom. The van der Waals surface area contributed by atoms with Crippen molar-refractivity contribution >= 4 is 51.4 Å². The van der Waals surface area contributed by atoms with Crippen molar-refractivity contribution in [2.24, 2.45) is 0 Å². The molecule has 0 fully saturated rings. The van der Waals surface area contributed by atoms with Crippen LogP contribution >= 0.6 is 34.5 Å². The summed E-state index contributed by atoms with van der Waals surface area (Å²) in [4.78, 5) is 26.2. The van der Waals surface area contributed by atoms with Gasteiger partial charge >= 0.3 is 0 Å². The fourth-order valence-corrected chi connectivity index (χ4v) is 4.86. The minimum Gasteiger partial charge on any atom is -0.355 e. The molecular formula is C18H18Cl2N2O2S. The number of fused-ring (bicyclic) bond motifs is 1. The number of carbonyl (C=O) groups excluding carboxylic acids is 2. The van der Waals surface area contributed by atoms with E-state index in [0.717, 1.165) is 37.7 Å². The summed E-state index contributed by atoms with van der Waals surface area (Å²) in [5.74, 6) is -0.496. The van der Waals surface area contributed by atoms with E-state index in [0.29, 0.717) is 26.2 Å². The minimum atomic E-state index is -0.328. The third kappa shape index (κ3) is 4.00. The van der Waals surface area contributed by atoms with Crippen LogP contribution in [0.1, 0.15) is 50.4 Å². The van der Waals surface area contributed by atoms with Crippen molar-refractivity contribution in [3.05, 3.63) is 49.8 Å². The van der Waals surface area contributed by atoms with Gasteiger partial charge in [-0.3, -0.25) is 9.59 Å². The monoisotopic (exact) mass is 396 g/mol. The average molecular weight is 397 g/mol. The normalized spacial score (nSPS) is 13.7. The second-order valence-electron chi connectivity index (χ2n) is 5.96. The molecule has 0 bridgehead atoms.